The van der Waals surface area contributed by atoms with Crippen molar-refractivity contribution < 1.29 is 27.4 Å². The minimum absolute atomic E-state index is 0. The van der Waals surface area contributed by atoms with Crippen LogP contribution >= 0.6 is 54.5 Å². The summed E-state index contributed by atoms with van der Waals surface area (Å²) in [4.78, 5) is 31.8. The molecule has 11 nitrogen and oxygen atoms in total. The second-order valence-corrected chi connectivity index (χ2v) is 22.7. The van der Waals surface area contributed by atoms with E-state index >= 15 is 0 Å². The Bertz CT molecular complexity index is 2100. The van der Waals surface area contributed by atoms with Crippen LogP contribution in [0.15, 0.2) is 80.4 Å². The van der Waals surface area contributed by atoms with Crippen LogP contribution in [0.2, 0.25) is 0 Å². The number of carbonyl (C=O) groups is 2. The molecular formula is C38H56Br2N6O5S4. The number of fused-ring (bicyclic) bond motifs is 1. The number of rotatable bonds is 11. The van der Waals surface area contributed by atoms with E-state index in [0.717, 1.165) is 42.5 Å². The maximum Gasteiger partial charge on any atom is 0.300 e. The molecule has 5 aromatic rings. The van der Waals surface area contributed by atoms with Gasteiger partial charge in [0.25, 0.3) is 5.97 Å². The van der Waals surface area contributed by atoms with Gasteiger partial charge in [-0.3, -0.25) is 9.59 Å². The molecule has 0 fully saturated rings. The van der Waals surface area contributed by atoms with Crippen molar-refractivity contribution in [3.63, 3.8) is 0 Å². The molecule has 5 rings (SSSR count). The molecule has 0 bridgehead atoms. The van der Waals surface area contributed by atoms with Crippen LogP contribution in [0.3, 0.4) is 0 Å². The summed E-state index contributed by atoms with van der Waals surface area (Å²) in [6.07, 6.45) is 0.743. The summed E-state index contributed by atoms with van der Waals surface area (Å²) in [6, 6.07) is 19.1. The predicted octanol–water partition coefficient (Wildman–Crippen LogP) is 10.1. The number of nitrogens with one attached hydrogen (secondary N) is 4. The summed E-state index contributed by atoms with van der Waals surface area (Å²) in [6.45, 7) is 16.7. The molecule has 3 aromatic heterocycles. The fourth-order valence-corrected chi connectivity index (χ4v) is 9.84. The van der Waals surface area contributed by atoms with Gasteiger partial charge in [-0.1, -0.05) is 24.3 Å². The number of halogens is 2. The number of para-hydroxylation sites is 4. The summed E-state index contributed by atoms with van der Waals surface area (Å²) in [5, 5.41) is 14.3. The Morgan fingerprint density at radius 2 is 1.31 bits per heavy atom. The highest BCUT2D eigenvalue weighted by molar-refractivity contribution is 9.10. The van der Waals surface area contributed by atoms with E-state index in [1.54, 1.807) is 23.5 Å². The van der Waals surface area contributed by atoms with E-state index in [0.29, 0.717) is 17.8 Å². The number of anilines is 2. The lowest BCUT2D eigenvalue weighted by Crippen LogP contribution is -2.47. The zero-order valence-electron chi connectivity index (χ0n) is 32.3. The van der Waals surface area contributed by atoms with Crippen molar-refractivity contribution in [1.82, 2.24) is 19.4 Å². The number of benzene rings is 2. The van der Waals surface area contributed by atoms with Gasteiger partial charge in [-0.05, 0) is 124 Å². The summed E-state index contributed by atoms with van der Waals surface area (Å²) in [7, 11) is -2.52. The molecule has 17 heteroatoms. The van der Waals surface area contributed by atoms with Crippen LogP contribution in [0.25, 0.3) is 11.0 Å². The van der Waals surface area contributed by atoms with Crippen LogP contribution in [0.1, 0.15) is 88.6 Å². The number of H-pyrrole nitrogens is 1. The summed E-state index contributed by atoms with van der Waals surface area (Å²) in [5.74, 6) is -0.153. The number of nitrogens with two attached hydrogens (primary N) is 1. The number of amides is 1. The molecule has 1 amide bonds. The van der Waals surface area contributed by atoms with Crippen molar-refractivity contribution in [3.05, 3.63) is 95.9 Å². The Morgan fingerprint density at radius 1 is 0.836 bits per heavy atom. The first kappa shape index (κ1) is 46.6. The normalized spacial score (nSPS) is 15.0. The van der Waals surface area contributed by atoms with E-state index in [9.17, 15) is 13.2 Å². The number of imidazole rings is 1. The summed E-state index contributed by atoms with van der Waals surface area (Å²) < 4.78 is 33.2. The van der Waals surface area contributed by atoms with Crippen molar-refractivity contribution in [2.24, 2.45) is 0 Å². The third kappa shape index (κ3) is 14.3. The third-order valence-electron chi connectivity index (χ3n) is 7.68. The largest absolute Gasteiger partial charge is 0.481 e. The Labute approximate surface area is 358 Å². The van der Waals surface area contributed by atoms with Crippen molar-refractivity contribution >= 4 is 111 Å². The first-order chi connectivity index (χ1) is 25.4. The van der Waals surface area contributed by atoms with E-state index in [4.69, 9.17) is 20.6 Å². The van der Waals surface area contributed by atoms with E-state index in [1.807, 2.05) is 102 Å². The Hall–Kier alpha value is -2.77. The average molecular weight is 965 g/mol. The van der Waals surface area contributed by atoms with Gasteiger partial charge in [0.1, 0.15) is 5.82 Å². The second-order valence-electron chi connectivity index (χ2n) is 15.1. The topological polar surface area (TPSA) is 179 Å². The van der Waals surface area contributed by atoms with Crippen molar-refractivity contribution in [1.29, 1.82) is 0 Å². The van der Waals surface area contributed by atoms with Crippen LogP contribution in [-0.4, -0.2) is 44.9 Å². The summed E-state index contributed by atoms with van der Waals surface area (Å²) >= 11 is 10.1. The molecule has 0 aliphatic heterocycles. The Balaban J connectivity index is 0.000000979. The quantitative estimate of drug-likeness (QED) is 0.0713. The first-order valence-electron chi connectivity index (χ1n) is 17.1. The molecule has 2 unspecified atom stereocenters. The lowest BCUT2D eigenvalue weighted by molar-refractivity contribution is -0.134. The molecule has 306 valence electrons. The number of nitrogen functional groups attached to an aromatic ring is 1. The molecule has 0 aliphatic rings. The fraction of sp³-hybridized carbons (Fsp3) is 0.395. The molecule has 0 spiro atoms. The maximum atomic E-state index is 12.8. The number of hydrogen-bond acceptors (Lipinski definition) is 8. The number of aromatic amines is 1. The van der Waals surface area contributed by atoms with Crippen molar-refractivity contribution in [2.75, 3.05) is 11.1 Å². The fourth-order valence-electron chi connectivity index (χ4n) is 4.82. The highest BCUT2D eigenvalue weighted by atomic mass is 79.9. The second kappa shape index (κ2) is 19.6. The average Bonchev–Trinajstić information content (AvgIpc) is 3.81. The smallest absolute Gasteiger partial charge is 0.300 e. The lowest BCUT2D eigenvalue weighted by atomic mass is 9.96. The number of nitrogens with zero attached hydrogens (tertiary/aromatic N) is 1. The van der Waals surface area contributed by atoms with Gasteiger partial charge >= 0.3 is 0 Å². The standard InChI is InChI=1S/C18H24BrN3O2S2.C18H22BrN3OS2.C2H4O2.3H2/c1-17(2,3)26(24)22-18(4,15-9-12(19)11-25-15)10-16(23)21-14-8-6-5-7-13(14)20;1-17(2,3)25(23)22-18(4,15-9-12(19)11-24-15)10-16-20-13-7-5-6-8-14(13)21-16;1-2(3)4;;;/h5-9,11,22H,10,20H2,1-4H3,(H,21,23);5-9,11,22H,10H2,1-4H3,(H,20,21);1H3,(H,3,4);3*1H/t18-,26?;18-,25?;;;;/m00..../s1. The number of carboxylic acids is 1. The van der Waals surface area contributed by atoms with Crippen LogP contribution in [0, 0.1) is 0 Å². The van der Waals surface area contributed by atoms with Crippen molar-refractivity contribution in [3.8, 4) is 0 Å². The van der Waals surface area contributed by atoms with E-state index in [1.165, 1.54) is 11.3 Å². The maximum absolute atomic E-state index is 12.8. The number of hydrogen-bond donors (Lipinski definition) is 6. The molecule has 2 aromatic carbocycles. The monoisotopic (exact) mass is 962 g/mol. The van der Waals surface area contributed by atoms with Gasteiger partial charge in [-0.2, -0.15) is 0 Å². The van der Waals surface area contributed by atoms with Crippen LogP contribution in [-0.2, 0) is 49.1 Å². The Morgan fingerprint density at radius 3 is 1.78 bits per heavy atom. The highest BCUT2D eigenvalue weighted by Gasteiger charge is 2.37. The third-order valence-corrected chi connectivity index (χ3v) is 15.1. The van der Waals surface area contributed by atoms with Gasteiger partial charge in [0.05, 0.1) is 71.4 Å². The van der Waals surface area contributed by atoms with Gasteiger partial charge in [0.15, 0.2) is 0 Å². The van der Waals surface area contributed by atoms with Gasteiger partial charge in [-0.15, -0.1) is 22.7 Å². The van der Waals surface area contributed by atoms with E-state index in [-0.39, 0.29) is 21.4 Å². The molecule has 4 atom stereocenters. The molecule has 0 saturated heterocycles. The number of carboxylic acid groups (broad SMARTS) is 1. The van der Waals surface area contributed by atoms with E-state index in [2.05, 4.69) is 64.6 Å². The van der Waals surface area contributed by atoms with Gasteiger partial charge in [-0.25, -0.2) is 22.8 Å². The SMILES string of the molecule is CC(=O)O.CC(C)(C)S(=O)N[C@@](C)(CC(=O)Nc1ccccc1N)c1cc(Br)cs1.CC(C)(C)S(=O)N[C@@](C)(Cc1nc2ccccc2[nH]1)c1cc(Br)cs1.[HH].[HH].[HH]. The van der Waals surface area contributed by atoms with Crippen LogP contribution in [0.4, 0.5) is 11.4 Å². The minimum atomic E-state index is -1.33. The molecule has 0 radical (unpaired) electrons. The zero-order chi connectivity index (χ0) is 41.4. The number of aromatic nitrogens is 2. The summed E-state index contributed by atoms with van der Waals surface area (Å²) in [5.41, 5.74) is 7.69. The molecule has 55 heavy (non-hydrogen) atoms. The molecular weight excluding hydrogens is 909 g/mol. The molecule has 0 aliphatic carbocycles. The Kier molecular flexibility index (Phi) is 16.6. The number of thiophene rings is 2. The number of carbonyl (C=O) groups excluding carboxylic acids is 1. The highest BCUT2D eigenvalue weighted by Crippen LogP contribution is 2.36. The molecule has 0 saturated carbocycles. The number of aliphatic carboxylic acids is 1. The van der Waals surface area contributed by atoms with E-state index < -0.39 is 43.8 Å². The molecule has 7 N–H and O–H groups in total. The van der Waals surface area contributed by atoms with Gasteiger partial charge < -0.3 is 21.1 Å². The van der Waals surface area contributed by atoms with Crippen molar-refractivity contribution in [2.45, 2.75) is 95.7 Å². The zero-order valence-corrected chi connectivity index (χ0v) is 38.8. The van der Waals surface area contributed by atoms with Gasteiger partial charge in [0, 0.05) is 47.1 Å². The van der Waals surface area contributed by atoms with Crippen LogP contribution in [0.5, 0.6) is 0 Å². The lowest BCUT2D eigenvalue weighted by Gasteiger charge is -2.32. The predicted molar refractivity (Wildman–Crippen MR) is 244 cm³/mol. The van der Waals surface area contributed by atoms with Gasteiger partial charge in [0.2, 0.25) is 5.91 Å². The first-order valence-corrected chi connectivity index (χ1v) is 22.7. The molecule has 3 heterocycles. The van der Waals surface area contributed by atoms with Crippen LogP contribution < -0.4 is 20.5 Å². The minimum Gasteiger partial charge on any atom is -0.481 e.